The molecule has 0 unspecified atom stereocenters. The minimum absolute atomic E-state index is 0.0239. The van der Waals surface area contributed by atoms with Gasteiger partial charge in [0.2, 0.25) is 0 Å². The van der Waals surface area contributed by atoms with Crippen LogP contribution in [0.4, 0.5) is 5.69 Å². The molecule has 0 atom stereocenters. The summed E-state index contributed by atoms with van der Waals surface area (Å²) in [7, 11) is -2.59. The van der Waals surface area contributed by atoms with Crippen LogP contribution in [-0.2, 0) is 10.1 Å². The number of nitrogens with zero attached hydrogens (tertiary/aromatic N) is 1. The van der Waals surface area contributed by atoms with Crippen LogP contribution in [0.3, 0.4) is 0 Å². The van der Waals surface area contributed by atoms with Crippen molar-refractivity contribution in [1.29, 1.82) is 0 Å². The molecule has 0 radical (unpaired) electrons. The molecule has 1 aromatic carbocycles. The van der Waals surface area contributed by atoms with Crippen LogP contribution in [0.15, 0.2) is 18.2 Å². The van der Waals surface area contributed by atoms with E-state index in [0.29, 0.717) is 16.5 Å². The zero-order chi connectivity index (χ0) is 14.5. The van der Waals surface area contributed by atoms with Crippen molar-refractivity contribution in [2.24, 2.45) is 0 Å². The lowest BCUT2D eigenvalue weighted by atomic mass is 10.2. The zero-order valence-corrected chi connectivity index (χ0v) is 12.0. The first-order valence-electron chi connectivity index (χ1n) is 5.52. The number of rotatable bonds is 7. The highest BCUT2D eigenvalue weighted by Crippen LogP contribution is 2.31. The van der Waals surface area contributed by atoms with E-state index in [2.05, 4.69) is 0 Å². The van der Waals surface area contributed by atoms with E-state index < -0.39 is 15.9 Å². The molecule has 0 aliphatic heterocycles. The van der Waals surface area contributed by atoms with Gasteiger partial charge in [0, 0.05) is 18.1 Å². The maximum atomic E-state index is 10.8. The first-order chi connectivity index (χ1) is 8.87. The highest BCUT2D eigenvalue weighted by molar-refractivity contribution is 7.85. The lowest BCUT2D eigenvalue weighted by Gasteiger charge is -2.25. The van der Waals surface area contributed by atoms with Crippen molar-refractivity contribution in [1.82, 2.24) is 0 Å². The van der Waals surface area contributed by atoms with Crippen LogP contribution in [0.5, 0.6) is 5.75 Å². The minimum atomic E-state index is -4.07. The van der Waals surface area contributed by atoms with E-state index in [9.17, 15) is 8.42 Å². The van der Waals surface area contributed by atoms with Crippen molar-refractivity contribution in [3.63, 3.8) is 0 Å². The SMILES string of the molecule is COc1ccc(Cl)cc1N(CCO)CCS(=O)(=O)O. The van der Waals surface area contributed by atoms with Gasteiger partial charge in [-0.1, -0.05) is 11.6 Å². The quantitative estimate of drug-likeness (QED) is 0.732. The zero-order valence-electron chi connectivity index (χ0n) is 10.4. The third-order valence-electron chi connectivity index (χ3n) is 2.47. The first-order valence-corrected chi connectivity index (χ1v) is 7.50. The van der Waals surface area contributed by atoms with Gasteiger partial charge in [0.05, 0.1) is 25.2 Å². The summed E-state index contributed by atoms with van der Waals surface area (Å²) in [5.74, 6) is 0.0658. The lowest BCUT2D eigenvalue weighted by Crippen LogP contribution is -2.32. The average molecular weight is 310 g/mol. The second-order valence-corrected chi connectivity index (χ2v) is 5.82. The highest BCUT2D eigenvalue weighted by atomic mass is 35.5. The normalized spacial score (nSPS) is 11.4. The van der Waals surface area contributed by atoms with Gasteiger partial charge in [0.15, 0.2) is 0 Å². The second kappa shape index (κ2) is 6.95. The van der Waals surface area contributed by atoms with Gasteiger partial charge in [0.1, 0.15) is 5.75 Å². The van der Waals surface area contributed by atoms with Gasteiger partial charge < -0.3 is 14.7 Å². The van der Waals surface area contributed by atoms with Crippen LogP contribution < -0.4 is 9.64 Å². The number of methoxy groups -OCH3 is 1. The Labute approximate surface area is 117 Å². The van der Waals surface area contributed by atoms with E-state index >= 15 is 0 Å². The molecule has 1 rings (SSSR count). The third-order valence-corrected chi connectivity index (χ3v) is 3.40. The van der Waals surface area contributed by atoms with Gasteiger partial charge >= 0.3 is 0 Å². The molecule has 0 bridgehead atoms. The molecule has 0 aliphatic carbocycles. The molecule has 2 N–H and O–H groups in total. The molecule has 1 aromatic rings. The molecular weight excluding hydrogens is 294 g/mol. The van der Waals surface area contributed by atoms with Gasteiger partial charge in [-0.25, -0.2) is 0 Å². The van der Waals surface area contributed by atoms with E-state index in [1.54, 1.807) is 23.1 Å². The van der Waals surface area contributed by atoms with Crippen LogP contribution in [0.1, 0.15) is 0 Å². The first kappa shape index (κ1) is 16.0. The molecule has 0 saturated carbocycles. The maximum absolute atomic E-state index is 10.8. The van der Waals surface area contributed by atoms with Gasteiger partial charge in [0.25, 0.3) is 10.1 Å². The van der Waals surface area contributed by atoms with Crippen LogP contribution in [0.2, 0.25) is 5.02 Å². The number of hydrogen-bond donors (Lipinski definition) is 2. The summed E-state index contributed by atoms with van der Waals surface area (Å²) in [6, 6.07) is 4.90. The van der Waals surface area contributed by atoms with Crippen LogP contribution >= 0.6 is 11.6 Å². The van der Waals surface area contributed by atoms with Crippen molar-refractivity contribution in [3.8, 4) is 5.75 Å². The monoisotopic (exact) mass is 309 g/mol. The Morgan fingerprint density at radius 2 is 2.05 bits per heavy atom. The van der Waals surface area contributed by atoms with Crippen molar-refractivity contribution in [2.45, 2.75) is 0 Å². The van der Waals surface area contributed by atoms with Gasteiger partial charge in [-0.15, -0.1) is 0 Å². The molecule has 8 heteroatoms. The fourth-order valence-electron chi connectivity index (χ4n) is 1.61. The molecular formula is C11H16ClNO5S. The number of aliphatic hydroxyl groups is 1. The molecule has 6 nitrogen and oxygen atoms in total. The average Bonchev–Trinajstić information content (AvgIpc) is 2.33. The molecule has 0 saturated heterocycles. The number of hydrogen-bond acceptors (Lipinski definition) is 5. The Kier molecular flexibility index (Phi) is 5.86. The van der Waals surface area contributed by atoms with E-state index in [1.165, 1.54) is 7.11 Å². The van der Waals surface area contributed by atoms with E-state index in [4.69, 9.17) is 26.0 Å². The summed E-state index contributed by atoms with van der Waals surface area (Å²) in [6.07, 6.45) is 0. The topological polar surface area (TPSA) is 87.1 Å². The fraction of sp³-hybridized carbons (Fsp3) is 0.455. The fourth-order valence-corrected chi connectivity index (χ4v) is 2.23. The van der Waals surface area contributed by atoms with E-state index in [-0.39, 0.29) is 19.7 Å². The molecule has 19 heavy (non-hydrogen) atoms. The molecule has 0 fully saturated rings. The molecule has 0 aromatic heterocycles. The summed E-state index contributed by atoms with van der Waals surface area (Å²) < 4.78 is 35.6. The summed E-state index contributed by atoms with van der Waals surface area (Å²) in [4.78, 5) is 1.58. The lowest BCUT2D eigenvalue weighted by molar-refractivity contribution is 0.301. The molecule has 0 heterocycles. The van der Waals surface area contributed by atoms with Crippen molar-refractivity contribution in [3.05, 3.63) is 23.2 Å². The van der Waals surface area contributed by atoms with Crippen molar-refractivity contribution >= 4 is 27.4 Å². The number of halogens is 1. The second-order valence-electron chi connectivity index (χ2n) is 3.81. The summed E-state index contributed by atoms with van der Waals surface area (Å²) in [5, 5.41) is 9.50. The van der Waals surface area contributed by atoms with Gasteiger partial charge in [-0.3, -0.25) is 4.55 Å². The molecule has 0 aliphatic rings. The largest absolute Gasteiger partial charge is 0.495 e. The predicted octanol–water partition coefficient (Wildman–Crippen LogP) is 1.04. The van der Waals surface area contributed by atoms with Gasteiger partial charge in [-0.2, -0.15) is 8.42 Å². The molecule has 108 valence electrons. The number of ether oxygens (including phenoxy) is 1. The van der Waals surface area contributed by atoms with Gasteiger partial charge in [-0.05, 0) is 18.2 Å². The van der Waals surface area contributed by atoms with Crippen LogP contribution in [-0.4, -0.2) is 50.6 Å². The third kappa shape index (κ3) is 5.23. The maximum Gasteiger partial charge on any atom is 0.266 e. The standard InChI is InChI=1S/C11H16ClNO5S/c1-18-11-3-2-9(12)8-10(11)13(4-6-14)5-7-19(15,16)17/h2-3,8,14H,4-7H2,1H3,(H,15,16,17). The Hall–Kier alpha value is -1.02. The summed E-state index contributed by atoms with van der Waals surface area (Å²) >= 11 is 5.90. The van der Waals surface area contributed by atoms with Crippen molar-refractivity contribution < 1.29 is 22.8 Å². The predicted molar refractivity (Wildman–Crippen MR) is 73.7 cm³/mol. The number of aliphatic hydroxyl groups excluding tert-OH is 1. The molecule has 0 amide bonds. The summed E-state index contributed by atoms with van der Waals surface area (Å²) in [5.41, 5.74) is 0.563. The van der Waals surface area contributed by atoms with Crippen LogP contribution in [0, 0.1) is 0 Å². The number of benzene rings is 1. The van der Waals surface area contributed by atoms with E-state index in [1.807, 2.05) is 0 Å². The Balaban J connectivity index is 3.00. The number of anilines is 1. The smallest absolute Gasteiger partial charge is 0.266 e. The Morgan fingerprint density at radius 3 is 2.58 bits per heavy atom. The van der Waals surface area contributed by atoms with Crippen molar-refractivity contribution in [2.75, 3.05) is 37.5 Å². The highest BCUT2D eigenvalue weighted by Gasteiger charge is 2.15. The van der Waals surface area contributed by atoms with E-state index in [0.717, 1.165) is 0 Å². The Morgan fingerprint density at radius 1 is 1.37 bits per heavy atom. The van der Waals surface area contributed by atoms with Crippen LogP contribution in [0.25, 0.3) is 0 Å². The Bertz CT molecular complexity index is 520. The summed E-state index contributed by atoms with van der Waals surface area (Å²) in [6.45, 7) is 0.0590. The minimum Gasteiger partial charge on any atom is -0.495 e. The molecule has 0 spiro atoms.